The fraction of sp³-hybridized carbons (Fsp3) is 0.450. The first-order valence-corrected chi connectivity index (χ1v) is 9.24. The van der Waals surface area contributed by atoms with Gasteiger partial charge in [0, 0.05) is 11.6 Å². The number of pyridine rings is 2. The molecule has 2 aromatic heterocycles. The van der Waals surface area contributed by atoms with Gasteiger partial charge in [-0.05, 0) is 68.1 Å². The van der Waals surface area contributed by atoms with Crippen LogP contribution in [-0.4, -0.2) is 16.9 Å². The number of nitrogens with two attached hydrogens (primary N) is 1. The molecule has 1 amide bonds. The highest BCUT2D eigenvalue weighted by molar-refractivity contribution is 5.94. The van der Waals surface area contributed by atoms with Gasteiger partial charge in [-0.25, -0.2) is 9.97 Å². The maximum Gasteiger partial charge on any atom is 0.242 e. The second-order valence-corrected chi connectivity index (χ2v) is 7.54. The summed E-state index contributed by atoms with van der Waals surface area (Å²) >= 11 is 0. The Balaban J connectivity index is 1.49. The van der Waals surface area contributed by atoms with Gasteiger partial charge in [-0.15, -0.1) is 0 Å². The largest absolute Gasteiger partial charge is 0.320 e. The molecule has 2 aliphatic carbocycles. The Labute approximate surface area is 152 Å². The molecule has 26 heavy (non-hydrogen) atoms. The van der Waals surface area contributed by atoms with Crippen LogP contribution in [0.5, 0.6) is 0 Å². The summed E-state index contributed by atoms with van der Waals surface area (Å²) in [5.74, 6) is 0.731. The average Bonchev–Trinajstić information content (AvgIpc) is 3.51. The molecule has 2 saturated carbocycles. The SMILES string of the molecule is Cc1cc[nH+]cc1-c1ccc(NC(=O)[C@@H](N)C(C2CC2)C2CC2)nc1F. The standard InChI is InChI=1S/C20H23FN4O/c1-11-8-9-23-10-15(11)14-6-7-16(24-19(14)21)25-20(26)18(22)17(12-2-3-12)13-4-5-13/h6-10,12-13,17-18H,2-5,22H2,1H3,(H,24,25,26)/p+1/t18-/m0/s1. The molecule has 0 unspecified atom stereocenters. The molecule has 2 aromatic rings. The van der Waals surface area contributed by atoms with Gasteiger partial charge in [0.1, 0.15) is 5.82 Å². The number of hydrogen-bond donors (Lipinski definition) is 2. The van der Waals surface area contributed by atoms with Crippen molar-refractivity contribution in [2.24, 2.45) is 23.5 Å². The van der Waals surface area contributed by atoms with Crippen LogP contribution in [0.2, 0.25) is 0 Å². The molecule has 0 radical (unpaired) electrons. The lowest BCUT2D eigenvalue weighted by Crippen LogP contribution is -2.44. The Morgan fingerprint density at radius 1 is 1.23 bits per heavy atom. The van der Waals surface area contributed by atoms with Crippen molar-refractivity contribution in [3.8, 4) is 11.1 Å². The van der Waals surface area contributed by atoms with Crippen molar-refractivity contribution in [1.29, 1.82) is 0 Å². The quantitative estimate of drug-likeness (QED) is 0.782. The Morgan fingerprint density at radius 2 is 1.92 bits per heavy atom. The van der Waals surface area contributed by atoms with E-state index in [4.69, 9.17) is 5.73 Å². The van der Waals surface area contributed by atoms with Crippen molar-refractivity contribution in [2.45, 2.75) is 38.6 Å². The maximum atomic E-state index is 14.5. The van der Waals surface area contributed by atoms with Gasteiger partial charge in [0.15, 0.2) is 12.4 Å². The summed E-state index contributed by atoms with van der Waals surface area (Å²) in [6.07, 6.45) is 8.18. The van der Waals surface area contributed by atoms with Crippen LogP contribution >= 0.6 is 0 Å². The van der Waals surface area contributed by atoms with E-state index in [-0.39, 0.29) is 17.6 Å². The first kappa shape index (κ1) is 17.1. The molecule has 0 bridgehead atoms. The van der Waals surface area contributed by atoms with Gasteiger partial charge >= 0.3 is 0 Å². The van der Waals surface area contributed by atoms with Gasteiger partial charge in [-0.1, -0.05) is 0 Å². The van der Waals surface area contributed by atoms with Gasteiger partial charge in [-0.3, -0.25) is 4.79 Å². The maximum absolute atomic E-state index is 14.5. The first-order chi connectivity index (χ1) is 12.5. The zero-order chi connectivity index (χ0) is 18.3. The summed E-state index contributed by atoms with van der Waals surface area (Å²) in [4.78, 5) is 19.4. The number of nitrogens with one attached hydrogen (secondary N) is 2. The van der Waals surface area contributed by atoms with E-state index in [9.17, 15) is 9.18 Å². The van der Waals surface area contributed by atoms with Crippen LogP contribution in [0.4, 0.5) is 10.2 Å². The van der Waals surface area contributed by atoms with Crippen LogP contribution in [0.25, 0.3) is 11.1 Å². The van der Waals surface area contributed by atoms with Gasteiger partial charge in [0.2, 0.25) is 11.9 Å². The molecule has 5 nitrogen and oxygen atoms in total. The second-order valence-electron chi connectivity index (χ2n) is 7.54. The molecule has 6 heteroatoms. The number of rotatable bonds is 6. The number of aromatic nitrogens is 2. The zero-order valence-electron chi connectivity index (χ0n) is 14.8. The molecule has 0 aromatic carbocycles. The smallest absolute Gasteiger partial charge is 0.242 e. The number of carbonyl (C=O) groups excluding carboxylic acids is 1. The predicted octanol–water partition coefficient (Wildman–Crippen LogP) is 2.71. The molecular formula is C20H24FN4O+. The molecule has 136 valence electrons. The summed E-state index contributed by atoms with van der Waals surface area (Å²) in [5.41, 5.74) is 8.32. The molecule has 2 fully saturated rings. The molecular weight excluding hydrogens is 331 g/mol. The predicted molar refractivity (Wildman–Crippen MR) is 96.5 cm³/mol. The number of hydrogen-bond acceptors (Lipinski definition) is 3. The van der Waals surface area contributed by atoms with Gasteiger partial charge in [0.25, 0.3) is 0 Å². The third-order valence-electron chi connectivity index (χ3n) is 5.52. The van der Waals surface area contributed by atoms with Crippen LogP contribution in [0, 0.1) is 30.6 Å². The molecule has 2 heterocycles. The Hall–Kier alpha value is -2.34. The topological polar surface area (TPSA) is 82.2 Å². The second kappa shape index (κ2) is 6.76. The van der Waals surface area contributed by atoms with Crippen molar-refractivity contribution < 1.29 is 14.2 Å². The van der Waals surface area contributed by atoms with E-state index in [1.165, 1.54) is 0 Å². The highest BCUT2D eigenvalue weighted by Gasteiger charge is 2.46. The number of amides is 1. The third-order valence-corrected chi connectivity index (χ3v) is 5.52. The summed E-state index contributed by atoms with van der Waals surface area (Å²) < 4.78 is 14.5. The summed E-state index contributed by atoms with van der Waals surface area (Å²) in [5, 5.41) is 2.70. The Morgan fingerprint density at radius 3 is 2.50 bits per heavy atom. The van der Waals surface area contributed by atoms with Crippen molar-refractivity contribution >= 4 is 11.7 Å². The first-order valence-electron chi connectivity index (χ1n) is 9.24. The lowest BCUT2D eigenvalue weighted by molar-refractivity contribution is -0.377. The highest BCUT2D eigenvalue weighted by Crippen LogP contribution is 2.50. The molecule has 4 N–H and O–H groups in total. The molecule has 1 atom stereocenters. The van der Waals surface area contributed by atoms with Crippen LogP contribution < -0.4 is 16.0 Å². The van der Waals surface area contributed by atoms with Crippen molar-refractivity contribution in [1.82, 2.24) is 4.98 Å². The summed E-state index contributed by atoms with van der Waals surface area (Å²) in [7, 11) is 0. The molecule has 2 aliphatic rings. The molecule has 0 aliphatic heterocycles. The van der Waals surface area contributed by atoms with E-state index in [0.717, 1.165) is 36.8 Å². The van der Waals surface area contributed by atoms with Crippen molar-refractivity contribution in [3.63, 3.8) is 0 Å². The lowest BCUT2D eigenvalue weighted by atomic mass is 9.89. The minimum atomic E-state index is -0.611. The van der Waals surface area contributed by atoms with E-state index in [1.807, 2.05) is 13.0 Å². The van der Waals surface area contributed by atoms with Crippen LogP contribution in [-0.2, 0) is 4.79 Å². The van der Waals surface area contributed by atoms with Gasteiger partial charge < -0.3 is 11.1 Å². The van der Waals surface area contributed by atoms with Crippen LogP contribution in [0.1, 0.15) is 31.2 Å². The lowest BCUT2D eigenvalue weighted by Gasteiger charge is -2.22. The number of anilines is 1. The fourth-order valence-electron chi connectivity index (χ4n) is 3.82. The minimum absolute atomic E-state index is 0.203. The highest BCUT2D eigenvalue weighted by atomic mass is 19.1. The molecule has 0 spiro atoms. The minimum Gasteiger partial charge on any atom is -0.320 e. The summed E-state index contributed by atoms with van der Waals surface area (Å²) in [6.45, 7) is 1.91. The summed E-state index contributed by atoms with van der Waals surface area (Å²) in [6, 6.07) is 4.59. The van der Waals surface area contributed by atoms with E-state index in [2.05, 4.69) is 15.3 Å². The van der Waals surface area contributed by atoms with E-state index in [1.54, 1.807) is 24.5 Å². The normalized spacial score (nSPS) is 18.0. The molecule has 0 saturated heterocycles. The fourth-order valence-corrected chi connectivity index (χ4v) is 3.82. The Bertz CT molecular complexity index is 820. The number of nitrogens with zero attached hydrogens (tertiary/aromatic N) is 1. The van der Waals surface area contributed by atoms with Crippen molar-refractivity contribution in [3.05, 3.63) is 42.1 Å². The van der Waals surface area contributed by atoms with Crippen LogP contribution in [0.3, 0.4) is 0 Å². The monoisotopic (exact) mass is 355 g/mol. The van der Waals surface area contributed by atoms with Gasteiger partial charge in [-0.2, -0.15) is 4.39 Å². The average molecular weight is 355 g/mol. The zero-order valence-corrected chi connectivity index (χ0v) is 14.8. The van der Waals surface area contributed by atoms with E-state index < -0.39 is 12.0 Å². The Kier molecular flexibility index (Phi) is 4.44. The molecule has 4 rings (SSSR count). The number of aromatic amines is 1. The van der Waals surface area contributed by atoms with Gasteiger partial charge in [0.05, 0.1) is 11.6 Å². The number of carbonyl (C=O) groups is 1. The van der Waals surface area contributed by atoms with E-state index >= 15 is 0 Å². The van der Waals surface area contributed by atoms with Crippen molar-refractivity contribution in [2.75, 3.05) is 5.32 Å². The third kappa shape index (κ3) is 3.46. The number of H-pyrrole nitrogens is 1. The number of aryl methyl sites for hydroxylation is 1. The van der Waals surface area contributed by atoms with E-state index in [0.29, 0.717) is 17.4 Å². The van der Waals surface area contributed by atoms with Crippen LogP contribution in [0.15, 0.2) is 30.6 Å². The number of halogens is 1.